The number of urea groups is 1. The van der Waals surface area contributed by atoms with Gasteiger partial charge in [0, 0.05) is 25.7 Å². The van der Waals surface area contributed by atoms with Crippen LogP contribution in [0.4, 0.5) is 4.79 Å². The topological polar surface area (TPSA) is 58.4 Å². The van der Waals surface area contributed by atoms with E-state index in [9.17, 15) is 4.79 Å². The van der Waals surface area contributed by atoms with Gasteiger partial charge in [0.05, 0.1) is 0 Å². The molecule has 3 N–H and O–H groups in total. The van der Waals surface area contributed by atoms with Gasteiger partial charge < -0.3 is 16.0 Å². The van der Waals surface area contributed by atoms with Gasteiger partial charge in [-0.05, 0) is 20.3 Å². The van der Waals surface area contributed by atoms with Gasteiger partial charge in [-0.15, -0.1) is 0 Å². The van der Waals surface area contributed by atoms with E-state index < -0.39 is 0 Å². The van der Waals surface area contributed by atoms with Crippen molar-refractivity contribution in [1.82, 2.24) is 10.2 Å². The molecule has 84 valence electrons. The Morgan fingerprint density at radius 3 is 2.29 bits per heavy atom. The van der Waals surface area contributed by atoms with Crippen LogP contribution in [-0.2, 0) is 0 Å². The highest BCUT2D eigenvalue weighted by Crippen LogP contribution is 1.96. The molecule has 1 atom stereocenters. The van der Waals surface area contributed by atoms with Crippen molar-refractivity contribution in [2.24, 2.45) is 5.73 Å². The van der Waals surface area contributed by atoms with Crippen LogP contribution in [0.5, 0.6) is 0 Å². The summed E-state index contributed by atoms with van der Waals surface area (Å²) in [7, 11) is 0. The third kappa shape index (κ3) is 4.46. The average Bonchev–Trinajstić information content (AvgIpc) is 2.19. The minimum atomic E-state index is -0.00102. The van der Waals surface area contributed by atoms with Crippen molar-refractivity contribution in [2.45, 2.75) is 39.7 Å². The molecule has 0 spiro atoms. The molecule has 14 heavy (non-hydrogen) atoms. The molecule has 0 aliphatic heterocycles. The predicted octanol–water partition coefficient (Wildman–Crippen LogP) is 1.17. The second-order valence-electron chi connectivity index (χ2n) is 3.34. The Bertz CT molecular complexity index is 157. The monoisotopic (exact) mass is 201 g/mol. The van der Waals surface area contributed by atoms with E-state index in [1.54, 1.807) is 4.90 Å². The first-order chi connectivity index (χ1) is 6.69. The van der Waals surface area contributed by atoms with Crippen molar-refractivity contribution in [3.63, 3.8) is 0 Å². The molecule has 0 aromatic carbocycles. The zero-order valence-electron chi connectivity index (χ0n) is 9.55. The van der Waals surface area contributed by atoms with Crippen molar-refractivity contribution in [3.05, 3.63) is 0 Å². The summed E-state index contributed by atoms with van der Waals surface area (Å²) in [5.74, 6) is 0. The van der Waals surface area contributed by atoms with Gasteiger partial charge in [-0.1, -0.05) is 13.3 Å². The Balaban J connectivity index is 3.99. The van der Waals surface area contributed by atoms with E-state index in [1.807, 2.05) is 13.8 Å². The fraction of sp³-hybridized carbons (Fsp3) is 0.900. The number of carbonyl (C=O) groups is 1. The summed E-state index contributed by atoms with van der Waals surface area (Å²) in [5.41, 5.74) is 5.56. The van der Waals surface area contributed by atoms with Crippen LogP contribution >= 0.6 is 0 Å². The molecule has 0 aliphatic rings. The van der Waals surface area contributed by atoms with Gasteiger partial charge >= 0.3 is 6.03 Å². The number of rotatable bonds is 6. The number of hydrogen-bond acceptors (Lipinski definition) is 2. The highest BCUT2D eigenvalue weighted by Gasteiger charge is 2.13. The van der Waals surface area contributed by atoms with Crippen LogP contribution < -0.4 is 11.1 Å². The molecule has 0 saturated carbocycles. The van der Waals surface area contributed by atoms with Crippen molar-refractivity contribution >= 4 is 6.03 Å². The lowest BCUT2D eigenvalue weighted by molar-refractivity contribution is 0.198. The van der Waals surface area contributed by atoms with Gasteiger partial charge in [-0.25, -0.2) is 4.79 Å². The number of nitrogens with zero attached hydrogens (tertiary/aromatic N) is 1. The van der Waals surface area contributed by atoms with Gasteiger partial charge in [-0.3, -0.25) is 0 Å². The Labute approximate surface area is 86.8 Å². The maximum atomic E-state index is 11.6. The molecular weight excluding hydrogens is 178 g/mol. The number of nitrogens with two attached hydrogens (primary N) is 1. The summed E-state index contributed by atoms with van der Waals surface area (Å²) in [4.78, 5) is 13.4. The highest BCUT2D eigenvalue weighted by molar-refractivity contribution is 5.74. The van der Waals surface area contributed by atoms with E-state index >= 15 is 0 Å². The molecule has 0 heterocycles. The van der Waals surface area contributed by atoms with Crippen molar-refractivity contribution in [3.8, 4) is 0 Å². The molecule has 0 bridgehead atoms. The van der Waals surface area contributed by atoms with Crippen LogP contribution in [0.15, 0.2) is 0 Å². The van der Waals surface area contributed by atoms with E-state index in [1.165, 1.54) is 0 Å². The molecule has 0 radical (unpaired) electrons. The van der Waals surface area contributed by atoms with E-state index in [-0.39, 0.29) is 12.1 Å². The van der Waals surface area contributed by atoms with Gasteiger partial charge in [-0.2, -0.15) is 0 Å². The van der Waals surface area contributed by atoms with Crippen LogP contribution in [0, 0.1) is 0 Å². The van der Waals surface area contributed by atoms with Crippen LogP contribution in [0.2, 0.25) is 0 Å². The van der Waals surface area contributed by atoms with E-state index in [0.717, 1.165) is 25.9 Å². The van der Waals surface area contributed by atoms with Crippen LogP contribution in [0.25, 0.3) is 0 Å². The van der Waals surface area contributed by atoms with Crippen LogP contribution in [0.3, 0.4) is 0 Å². The second kappa shape index (κ2) is 7.62. The smallest absolute Gasteiger partial charge is 0.317 e. The zero-order chi connectivity index (χ0) is 11.0. The average molecular weight is 201 g/mol. The molecule has 0 aromatic rings. The van der Waals surface area contributed by atoms with Gasteiger partial charge in [0.25, 0.3) is 0 Å². The molecule has 2 amide bonds. The Hall–Kier alpha value is -0.770. The third-order valence-electron chi connectivity index (χ3n) is 2.30. The largest absolute Gasteiger partial charge is 0.334 e. The lowest BCUT2D eigenvalue weighted by atomic mass is 10.2. The summed E-state index contributed by atoms with van der Waals surface area (Å²) >= 11 is 0. The van der Waals surface area contributed by atoms with E-state index in [2.05, 4.69) is 12.2 Å². The summed E-state index contributed by atoms with van der Waals surface area (Å²) in [6.45, 7) is 8.03. The predicted molar refractivity (Wildman–Crippen MR) is 59.2 cm³/mol. The zero-order valence-corrected chi connectivity index (χ0v) is 9.55. The van der Waals surface area contributed by atoms with Gasteiger partial charge in [0.15, 0.2) is 0 Å². The van der Waals surface area contributed by atoms with E-state index in [4.69, 9.17) is 5.73 Å². The summed E-state index contributed by atoms with van der Waals surface area (Å²) in [6, 6.07) is 0.118. The van der Waals surface area contributed by atoms with Crippen LogP contribution in [0.1, 0.15) is 33.6 Å². The molecule has 0 saturated heterocycles. The lowest BCUT2D eigenvalue weighted by Gasteiger charge is -2.23. The van der Waals surface area contributed by atoms with Gasteiger partial charge in [0.1, 0.15) is 0 Å². The molecular formula is C10H23N3O. The molecule has 4 heteroatoms. The lowest BCUT2D eigenvalue weighted by Crippen LogP contribution is -2.47. The number of carbonyl (C=O) groups excluding carboxylic acids is 1. The normalized spacial score (nSPS) is 12.3. The molecule has 0 aromatic heterocycles. The number of hydrogen-bond donors (Lipinski definition) is 2. The summed E-state index contributed by atoms with van der Waals surface area (Å²) in [5, 5.41) is 2.93. The molecule has 4 nitrogen and oxygen atoms in total. The molecule has 0 fully saturated rings. The summed E-state index contributed by atoms with van der Waals surface area (Å²) < 4.78 is 0. The second-order valence-corrected chi connectivity index (χ2v) is 3.34. The maximum Gasteiger partial charge on any atom is 0.317 e. The standard InChI is InChI=1S/C10H23N3O/c1-4-7-9(8-11)12-10(14)13(5-2)6-3/h9H,4-8,11H2,1-3H3,(H,12,14). The third-order valence-corrected chi connectivity index (χ3v) is 2.30. The molecule has 0 aliphatic carbocycles. The fourth-order valence-corrected chi connectivity index (χ4v) is 1.37. The number of amides is 2. The van der Waals surface area contributed by atoms with Crippen molar-refractivity contribution < 1.29 is 4.79 Å². The van der Waals surface area contributed by atoms with Crippen LogP contribution in [-0.4, -0.2) is 36.6 Å². The first-order valence-corrected chi connectivity index (χ1v) is 5.44. The maximum absolute atomic E-state index is 11.6. The highest BCUT2D eigenvalue weighted by atomic mass is 16.2. The summed E-state index contributed by atoms with van der Waals surface area (Å²) in [6.07, 6.45) is 1.99. The Kier molecular flexibility index (Phi) is 7.20. The van der Waals surface area contributed by atoms with E-state index in [0.29, 0.717) is 6.54 Å². The molecule has 0 rings (SSSR count). The minimum absolute atomic E-state index is 0.00102. The number of nitrogens with one attached hydrogen (secondary N) is 1. The van der Waals surface area contributed by atoms with Gasteiger partial charge in [0.2, 0.25) is 0 Å². The SMILES string of the molecule is CCCC(CN)NC(=O)N(CC)CC. The first-order valence-electron chi connectivity index (χ1n) is 5.44. The Morgan fingerprint density at radius 2 is 1.93 bits per heavy atom. The fourth-order valence-electron chi connectivity index (χ4n) is 1.37. The first kappa shape index (κ1) is 13.2. The van der Waals surface area contributed by atoms with Crippen molar-refractivity contribution in [1.29, 1.82) is 0 Å². The quantitative estimate of drug-likeness (QED) is 0.677. The minimum Gasteiger partial charge on any atom is -0.334 e. The molecule has 1 unspecified atom stereocenters. The Morgan fingerprint density at radius 1 is 1.36 bits per heavy atom. The van der Waals surface area contributed by atoms with Crippen molar-refractivity contribution in [2.75, 3.05) is 19.6 Å².